The molecule has 0 aliphatic heterocycles. The fraction of sp³-hybridized carbons (Fsp3) is 0.667. The van der Waals surface area contributed by atoms with E-state index in [-0.39, 0.29) is 32.8 Å². The van der Waals surface area contributed by atoms with E-state index in [4.69, 9.17) is 20.4 Å². The molecule has 0 aliphatic carbocycles. The van der Waals surface area contributed by atoms with Crippen molar-refractivity contribution >= 4 is 23.9 Å². The van der Waals surface area contributed by atoms with E-state index >= 15 is 0 Å². The number of hydrogen-bond acceptors (Lipinski definition) is 7. The van der Waals surface area contributed by atoms with Crippen LogP contribution in [0.4, 0.5) is 0 Å². The van der Waals surface area contributed by atoms with Crippen molar-refractivity contribution in [2.75, 3.05) is 45.9 Å². The summed E-state index contributed by atoms with van der Waals surface area (Å²) in [6, 6.07) is 0. The Balaban J connectivity index is 4.32. The summed E-state index contributed by atoms with van der Waals surface area (Å²) in [5, 5.41) is 37.3. The van der Waals surface area contributed by atoms with Gasteiger partial charge in [0.1, 0.15) is 0 Å². The standard InChI is InChI=1S/C12H21N3O8/c16-9(17)4-13-8-15(7-12(22)23)3-1-2-14(5-10(18)19)6-11(20)21/h13H,1-8H2,(H,16,17)(H,18,19)(H,20,21)(H,22,23). The van der Waals surface area contributed by atoms with Gasteiger partial charge in [-0.3, -0.25) is 34.3 Å². The molecule has 0 rings (SSSR count). The van der Waals surface area contributed by atoms with Gasteiger partial charge in [-0.05, 0) is 6.42 Å². The molecule has 0 aliphatic rings. The van der Waals surface area contributed by atoms with Crippen molar-refractivity contribution in [2.24, 2.45) is 0 Å². The SMILES string of the molecule is O=C(O)CNCN(CCCN(CC(=O)O)CC(=O)O)CC(=O)O. The molecule has 0 bridgehead atoms. The maximum absolute atomic E-state index is 10.7. The lowest BCUT2D eigenvalue weighted by Crippen LogP contribution is -2.42. The van der Waals surface area contributed by atoms with E-state index in [1.54, 1.807) is 0 Å². The van der Waals surface area contributed by atoms with Gasteiger partial charge in [0.2, 0.25) is 0 Å². The Morgan fingerprint density at radius 2 is 1.13 bits per heavy atom. The molecule has 11 nitrogen and oxygen atoms in total. The average Bonchev–Trinajstić information content (AvgIpc) is 2.35. The van der Waals surface area contributed by atoms with Gasteiger partial charge in [0, 0.05) is 19.8 Å². The van der Waals surface area contributed by atoms with Gasteiger partial charge in [0.05, 0.1) is 26.2 Å². The summed E-state index contributed by atoms with van der Waals surface area (Å²) in [6.07, 6.45) is 0.336. The van der Waals surface area contributed by atoms with Crippen LogP contribution in [0.5, 0.6) is 0 Å². The molecule has 0 heterocycles. The van der Waals surface area contributed by atoms with Crippen LogP contribution in [0.25, 0.3) is 0 Å². The first-order chi connectivity index (χ1) is 10.7. The van der Waals surface area contributed by atoms with Crippen LogP contribution < -0.4 is 5.32 Å². The van der Waals surface area contributed by atoms with Crippen molar-refractivity contribution < 1.29 is 39.6 Å². The Labute approximate surface area is 132 Å². The summed E-state index contributed by atoms with van der Waals surface area (Å²) < 4.78 is 0. The molecular weight excluding hydrogens is 314 g/mol. The quantitative estimate of drug-likeness (QED) is 0.220. The Kier molecular flexibility index (Phi) is 10.2. The van der Waals surface area contributed by atoms with E-state index in [2.05, 4.69) is 5.32 Å². The molecule has 0 spiro atoms. The highest BCUT2D eigenvalue weighted by Gasteiger charge is 2.15. The Morgan fingerprint density at radius 1 is 0.696 bits per heavy atom. The normalized spacial score (nSPS) is 10.9. The van der Waals surface area contributed by atoms with E-state index in [1.165, 1.54) is 9.80 Å². The highest BCUT2D eigenvalue weighted by atomic mass is 16.4. The second kappa shape index (κ2) is 11.3. The Hall–Kier alpha value is -2.24. The molecule has 11 heteroatoms. The number of carbonyl (C=O) groups is 4. The van der Waals surface area contributed by atoms with Crippen molar-refractivity contribution in [3.8, 4) is 0 Å². The molecule has 0 unspecified atom stereocenters. The van der Waals surface area contributed by atoms with E-state index in [9.17, 15) is 19.2 Å². The van der Waals surface area contributed by atoms with Gasteiger partial charge in [-0.1, -0.05) is 0 Å². The molecule has 0 radical (unpaired) electrons. The minimum Gasteiger partial charge on any atom is -0.480 e. The van der Waals surface area contributed by atoms with Crippen molar-refractivity contribution in [1.82, 2.24) is 15.1 Å². The predicted molar refractivity (Wildman–Crippen MR) is 76.0 cm³/mol. The van der Waals surface area contributed by atoms with Crippen LogP contribution in [-0.4, -0.2) is 100 Å². The smallest absolute Gasteiger partial charge is 0.317 e. The monoisotopic (exact) mass is 335 g/mol. The van der Waals surface area contributed by atoms with Crippen LogP contribution in [0.1, 0.15) is 6.42 Å². The Bertz CT molecular complexity index is 413. The number of hydrogen-bond donors (Lipinski definition) is 5. The number of carboxylic acids is 4. The zero-order valence-electron chi connectivity index (χ0n) is 12.5. The molecule has 132 valence electrons. The minimum absolute atomic E-state index is 0.0382. The van der Waals surface area contributed by atoms with Gasteiger partial charge in [-0.2, -0.15) is 0 Å². The lowest BCUT2D eigenvalue weighted by molar-refractivity contribution is -0.142. The largest absolute Gasteiger partial charge is 0.480 e. The van der Waals surface area contributed by atoms with Crippen LogP contribution in [-0.2, 0) is 19.2 Å². The van der Waals surface area contributed by atoms with E-state index in [1.807, 2.05) is 0 Å². The summed E-state index contributed by atoms with van der Waals surface area (Å²) in [5.41, 5.74) is 0. The summed E-state index contributed by atoms with van der Waals surface area (Å²) in [5.74, 6) is -4.47. The highest BCUT2D eigenvalue weighted by molar-refractivity contribution is 5.72. The van der Waals surface area contributed by atoms with Crippen molar-refractivity contribution in [3.05, 3.63) is 0 Å². The first kappa shape index (κ1) is 20.8. The second-order valence-electron chi connectivity index (χ2n) is 4.78. The molecule has 0 saturated carbocycles. The van der Waals surface area contributed by atoms with Crippen LogP contribution in [0.15, 0.2) is 0 Å². The zero-order valence-corrected chi connectivity index (χ0v) is 12.5. The van der Waals surface area contributed by atoms with Gasteiger partial charge in [-0.15, -0.1) is 0 Å². The summed E-state index contributed by atoms with van der Waals surface area (Å²) in [4.78, 5) is 45.1. The van der Waals surface area contributed by atoms with Gasteiger partial charge in [0.15, 0.2) is 0 Å². The van der Waals surface area contributed by atoms with E-state index < -0.39 is 37.0 Å². The first-order valence-corrected chi connectivity index (χ1v) is 6.73. The first-order valence-electron chi connectivity index (χ1n) is 6.73. The third kappa shape index (κ3) is 13.2. The van der Waals surface area contributed by atoms with Gasteiger partial charge >= 0.3 is 23.9 Å². The molecule has 0 atom stereocenters. The topological polar surface area (TPSA) is 168 Å². The van der Waals surface area contributed by atoms with Crippen LogP contribution in [0.3, 0.4) is 0 Å². The molecule has 0 aromatic rings. The second-order valence-corrected chi connectivity index (χ2v) is 4.78. The zero-order chi connectivity index (χ0) is 17.8. The molecule has 0 amide bonds. The lowest BCUT2D eigenvalue weighted by atomic mass is 10.3. The van der Waals surface area contributed by atoms with Gasteiger partial charge in [-0.25, -0.2) is 0 Å². The molecule has 0 aromatic heterocycles. The summed E-state index contributed by atoms with van der Waals surface area (Å²) in [7, 11) is 0. The number of carboxylic acid groups (broad SMARTS) is 4. The highest BCUT2D eigenvalue weighted by Crippen LogP contribution is 1.96. The molecular formula is C12H21N3O8. The lowest BCUT2D eigenvalue weighted by Gasteiger charge is -2.23. The van der Waals surface area contributed by atoms with E-state index in [0.717, 1.165) is 0 Å². The van der Waals surface area contributed by atoms with Crippen LogP contribution >= 0.6 is 0 Å². The van der Waals surface area contributed by atoms with Crippen molar-refractivity contribution in [3.63, 3.8) is 0 Å². The number of rotatable bonds is 14. The number of nitrogens with one attached hydrogen (secondary N) is 1. The summed E-state index contributed by atoms with van der Waals surface area (Å²) in [6.45, 7) is -1.05. The van der Waals surface area contributed by atoms with Crippen molar-refractivity contribution in [2.45, 2.75) is 6.42 Å². The fourth-order valence-electron chi connectivity index (χ4n) is 1.84. The number of nitrogens with zero attached hydrogens (tertiary/aromatic N) is 2. The molecule has 0 aromatic carbocycles. The molecule has 23 heavy (non-hydrogen) atoms. The molecule has 5 N–H and O–H groups in total. The number of aliphatic carboxylic acids is 4. The van der Waals surface area contributed by atoms with Crippen LogP contribution in [0, 0.1) is 0 Å². The third-order valence-electron chi connectivity index (χ3n) is 2.64. The average molecular weight is 335 g/mol. The fourth-order valence-corrected chi connectivity index (χ4v) is 1.84. The predicted octanol–water partition coefficient (Wildman–Crippen LogP) is -2.13. The molecule has 0 fully saturated rings. The Morgan fingerprint density at radius 3 is 1.57 bits per heavy atom. The maximum atomic E-state index is 10.7. The third-order valence-corrected chi connectivity index (χ3v) is 2.64. The van der Waals surface area contributed by atoms with Crippen LogP contribution in [0.2, 0.25) is 0 Å². The van der Waals surface area contributed by atoms with E-state index in [0.29, 0.717) is 6.42 Å². The maximum Gasteiger partial charge on any atom is 0.317 e. The van der Waals surface area contributed by atoms with Gasteiger partial charge in [0.25, 0.3) is 0 Å². The van der Waals surface area contributed by atoms with Gasteiger partial charge < -0.3 is 20.4 Å². The minimum atomic E-state index is -1.16. The summed E-state index contributed by atoms with van der Waals surface area (Å²) >= 11 is 0. The van der Waals surface area contributed by atoms with Crippen molar-refractivity contribution in [1.29, 1.82) is 0 Å². The molecule has 0 saturated heterocycles.